The Labute approximate surface area is 71.6 Å². The van der Waals surface area contributed by atoms with Crippen molar-refractivity contribution in [1.29, 1.82) is 0 Å². The van der Waals surface area contributed by atoms with Gasteiger partial charge in [0.05, 0.1) is 19.0 Å². The highest BCUT2D eigenvalue weighted by Gasteiger charge is 2.04. The van der Waals surface area contributed by atoms with Gasteiger partial charge in [0.25, 0.3) is 0 Å². The van der Waals surface area contributed by atoms with Gasteiger partial charge in [-0.25, -0.2) is 4.98 Å². The predicted octanol–water partition coefficient (Wildman–Crippen LogP) is 0.580. The molecule has 1 N–H and O–H groups in total. The molecule has 0 saturated carbocycles. The van der Waals surface area contributed by atoms with Gasteiger partial charge in [-0.3, -0.25) is 5.32 Å². The molecule has 1 aromatic rings. The van der Waals surface area contributed by atoms with Crippen LogP contribution >= 0.6 is 0 Å². The minimum atomic E-state index is 0.178. The molecule has 0 aromatic carbocycles. The molecule has 1 aromatic heterocycles. The smallest absolute Gasteiger partial charge is 0.133 e. The minimum absolute atomic E-state index is 0.178. The molecule has 0 aliphatic heterocycles. The van der Waals surface area contributed by atoms with Crippen molar-refractivity contribution < 1.29 is 4.79 Å². The maximum Gasteiger partial charge on any atom is 0.133 e. The Kier molecular flexibility index (Phi) is 3.47. The Hall–Kier alpha value is -1.16. The highest BCUT2D eigenvalue weighted by molar-refractivity contribution is 5.51. The number of aldehydes is 1. The summed E-state index contributed by atoms with van der Waals surface area (Å²) in [5, 5.41) is 3.08. The molecular weight excluding hydrogens is 154 g/mol. The van der Waals surface area contributed by atoms with Crippen LogP contribution in [-0.4, -0.2) is 22.4 Å². The Balaban J connectivity index is 2.51. The lowest BCUT2D eigenvalue weighted by atomic mass is 10.3. The van der Waals surface area contributed by atoms with Crippen molar-refractivity contribution in [1.82, 2.24) is 14.9 Å². The molecule has 12 heavy (non-hydrogen) atoms. The normalized spacial score (nSPS) is 12.8. The molecule has 0 aliphatic carbocycles. The molecule has 0 saturated heterocycles. The van der Waals surface area contributed by atoms with Gasteiger partial charge in [-0.1, -0.05) is 6.92 Å². The first kappa shape index (κ1) is 8.93. The quantitative estimate of drug-likeness (QED) is 0.652. The summed E-state index contributed by atoms with van der Waals surface area (Å²) in [6.07, 6.45) is 7.32. The van der Waals surface area contributed by atoms with Gasteiger partial charge >= 0.3 is 0 Å². The first-order chi connectivity index (χ1) is 5.88. The van der Waals surface area contributed by atoms with Crippen LogP contribution in [0.3, 0.4) is 0 Å². The van der Waals surface area contributed by atoms with E-state index < -0.39 is 0 Å². The van der Waals surface area contributed by atoms with E-state index in [0.29, 0.717) is 6.54 Å². The highest BCUT2D eigenvalue weighted by Crippen LogP contribution is 2.04. The summed E-state index contributed by atoms with van der Waals surface area (Å²) >= 11 is 0. The van der Waals surface area contributed by atoms with Crippen LogP contribution in [0, 0.1) is 0 Å². The average molecular weight is 167 g/mol. The van der Waals surface area contributed by atoms with Crippen LogP contribution in [0.5, 0.6) is 0 Å². The molecule has 4 heteroatoms. The molecule has 0 spiro atoms. The number of hydrogen-bond donors (Lipinski definition) is 1. The molecule has 1 rings (SSSR count). The molecule has 0 amide bonds. The summed E-state index contributed by atoms with van der Waals surface area (Å²) in [4.78, 5) is 14.0. The highest BCUT2D eigenvalue weighted by atomic mass is 16.1. The first-order valence-corrected chi connectivity index (χ1v) is 4.03. The number of rotatable bonds is 5. The lowest BCUT2D eigenvalue weighted by Crippen LogP contribution is -2.26. The van der Waals surface area contributed by atoms with Crippen LogP contribution in [0.1, 0.15) is 19.5 Å². The molecular formula is C8H13N3O. The maximum atomic E-state index is 10.1. The van der Waals surface area contributed by atoms with E-state index in [1.807, 2.05) is 10.8 Å². The lowest BCUT2D eigenvalue weighted by Gasteiger charge is -2.16. The summed E-state index contributed by atoms with van der Waals surface area (Å²) < 4.78 is 1.95. The van der Waals surface area contributed by atoms with E-state index >= 15 is 0 Å². The predicted molar refractivity (Wildman–Crippen MR) is 45.6 cm³/mol. The second kappa shape index (κ2) is 4.66. The summed E-state index contributed by atoms with van der Waals surface area (Å²) in [6.45, 7) is 2.44. The average Bonchev–Trinajstić information content (AvgIpc) is 2.59. The van der Waals surface area contributed by atoms with Gasteiger partial charge in [0.15, 0.2) is 0 Å². The van der Waals surface area contributed by atoms with Crippen molar-refractivity contribution in [2.75, 3.05) is 6.54 Å². The third kappa shape index (κ3) is 2.17. The Morgan fingerprint density at radius 1 is 1.75 bits per heavy atom. The van der Waals surface area contributed by atoms with Gasteiger partial charge in [-0.05, 0) is 6.42 Å². The van der Waals surface area contributed by atoms with Crippen molar-refractivity contribution in [2.24, 2.45) is 0 Å². The van der Waals surface area contributed by atoms with Crippen LogP contribution in [0.25, 0.3) is 0 Å². The summed E-state index contributed by atoms with van der Waals surface area (Å²) in [5.41, 5.74) is 0. The zero-order valence-electron chi connectivity index (χ0n) is 7.10. The molecule has 4 nitrogen and oxygen atoms in total. The minimum Gasteiger partial charge on any atom is -0.321 e. The van der Waals surface area contributed by atoms with Gasteiger partial charge < -0.3 is 9.36 Å². The SMILES string of the molecule is CCC(NCC=O)n1ccnc1. The number of carbonyl (C=O) groups excluding carboxylic acids is 1. The first-order valence-electron chi connectivity index (χ1n) is 4.03. The third-order valence-corrected chi connectivity index (χ3v) is 1.71. The van der Waals surface area contributed by atoms with Gasteiger partial charge in [0.2, 0.25) is 0 Å². The summed E-state index contributed by atoms with van der Waals surface area (Å²) in [5.74, 6) is 0. The van der Waals surface area contributed by atoms with Gasteiger partial charge in [0.1, 0.15) is 6.29 Å². The number of aromatic nitrogens is 2. The number of hydrogen-bond acceptors (Lipinski definition) is 3. The van der Waals surface area contributed by atoms with Gasteiger partial charge in [0, 0.05) is 12.4 Å². The van der Waals surface area contributed by atoms with Crippen LogP contribution in [-0.2, 0) is 4.79 Å². The topological polar surface area (TPSA) is 46.9 Å². The fraction of sp³-hybridized carbons (Fsp3) is 0.500. The molecule has 1 atom stereocenters. The molecule has 0 aliphatic rings. The molecule has 1 unspecified atom stereocenters. The Morgan fingerprint density at radius 3 is 3.08 bits per heavy atom. The number of nitrogens with zero attached hydrogens (tertiary/aromatic N) is 2. The van der Waals surface area contributed by atoms with Gasteiger partial charge in [-0.2, -0.15) is 0 Å². The zero-order chi connectivity index (χ0) is 8.81. The number of carbonyl (C=O) groups is 1. The van der Waals surface area contributed by atoms with Crippen LogP contribution in [0.4, 0.5) is 0 Å². The molecule has 1 heterocycles. The van der Waals surface area contributed by atoms with Crippen molar-refractivity contribution in [3.63, 3.8) is 0 Å². The zero-order valence-corrected chi connectivity index (χ0v) is 7.10. The summed E-state index contributed by atoms with van der Waals surface area (Å²) in [6, 6.07) is 0. The molecule has 0 bridgehead atoms. The Morgan fingerprint density at radius 2 is 2.58 bits per heavy atom. The van der Waals surface area contributed by atoms with E-state index in [0.717, 1.165) is 12.7 Å². The second-order valence-electron chi connectivity index (χ2n) is 2.51. The fourth-order valence-electron chi connectivity index (χ4n) is 1.10. The van der Waals surface area contributed by atoms with Gasteiger partial charge in [-0.15, -0.1) is 0 Å². The van der Waals surface area contributed by atoms with Crippen LogP contribution in [0.2, 0.25) is 0 Å². The molecule has 0 radical (unpaired) electrons. The van der Waals surface area contributed by atoms with Crippen LogP contribution < -0.4 is 5.32 Å². The Bertz CT molecular complexity index is 220. The van der Waals surface area contributed by atoms with Crippen LogP contribution in [0.15, 0.2) is 18.7 Å². The van der Waals surface area contributed by atoms with Crippen molar-refractivity contribution >= 4 is 6.29 Å². The van der Waals surface area contributed by atoms with E-state index in [-0.39, 0.29) is 6.17 Å². The van der Waals surface area contributed by atoms with Crippen molar-refractivity contribution in [3.05, 3.63) is 18.7 Å². The van der Waals surface area contributed by atoms with E-state index in [4.69, 9.17) is 0 Å². The van der Waals surface area contributed by atoms with E-state index in [1.165, 1.54) is 0 Å². The van der Waals surface area contributed by atoms with E-state index in [2.05, 4.69) is 17.2 Å². The molecule has 66 valence electrons. The summed E-state index contributed by atoms with van der Waals surface area (Å²) in [7, 11) is 0. The maximum absolute atomic E-state index is 10.1. The molecule has 0 fully saturated rings. The monoisotopic (exact) mass is 167 g/mol. The van der Waals surface area contributed by atoms with Crippen molar-refractivity contribution in [3.8, 4) is 0 Å². The van der Waals surface area contributed by atoms with E-state index in [9.17, 15) is 4.79 Å². The second-order valence-corrected chi connectivity index (χ2v) is 2.51. The van der Waals surface area contributed by atoms with E-state index in [1.54, 1.807) is 12.5 Å². The number of imidazole rings is 1. The fourth-order valence-corrected chi connectivity index (χ4v) is 1.10. The largest absolute Gasteiger partial charge is 0.321 e. The third-order valence-electron chi connectivity index (χ3n) is 1.71. The van der Waals surface area contributed by atoms with Crippen molar-refractivity contribution in [2.45, 2.75) is 19.5 Å². The number of nitrogens with one attached hydrogen (secondary N) is 1. The standard InChI is InChI=1S/C8H13N3O/c1-2-8(10-4-6-12)11-5-3-9-7-11/h3,5-8,10H,2,4H2,1H3. The lowest BCUT2D eigenvalue weighted by molar-refractivity contribution is -0.107.